The Labute approximate surface area is 107 Å². The molecule has 1 aromatic carbocycles. The maximum Gasteiger partial charge on any atom is 0.246 e. The van der Waals surface area contributed by atoms with Gasteiger partial charge in [0.1, 0.15) is 10.7 Å². The van der Waals surface area contributed by atoms with Crippen LogP contribution in [0.2, 0.25) is 0 Å². The Morgan fingerprint density at radius 1 is 1.33 bits per heavy atom. The van der Waals surface area contributed by atoms with Crippen LogP contribution >= 0.6 is 0 Å². The molecule has 0 saturated carbocycles. The summed E-state index contributed by atoms with van der Waals surface area (Å²) in [4.78, 5) is -0.250. The van der Waals surface area contributed by atoms with E-state index in [4.69, 9.17) is 0 Å². The summed E-state index contributed by atoms with van der Waals surface area (Å²) in [6.45, 7) is 5.15. The second-order valence-electron chi connectivity index (χ2n) is 5.00. The van der Waals surface area contributed by atoms with Gasteiger partial charge in [-0.15, -0.1) is 0 Å². The van der Waals surface area contributed by atoms with Crippen LogP contribution in [0.1, 0.15) is 13.8 Å². The highest BCUT2D eigenvalue weighted by molar-refractivity contribution is 7.89. The van der Waals surface area contributed by atoms with E-state index in [0.717, 1.165) is 0 Å². The number of halogens is 1. The van der Waals surface area contributed by atoms with Crippen LogP contribution in [0, 0.1) is 5.82 Å². The van der Waals surface area contributed by atoms with Crippen molar-refractivity contribution in [1.82, 2.24) is 9.62 Å². The minimum atomic E-state index is -3.78. The minimum absolute atomic E-state index is 0.250. The number of benzene rings is 1. The fraction of sp³-hybridized carbons (Fsp3) is 0.500. The van der Waals surface area contributed by atoms with E-state index in [1.165, 1.54) is 28.6 Å². The average molecular weight is 272 g/mol. The van der Waals surface area contributed by atoms with Gasteiger partial charge < -0.3 is 5.32 Å². The Bertz CT molecular complexity index is 543. The molecule has 1 fully saturated rings. The smallest absolute Gasteiger partial charge is 0.246 e. The van der Waals surface area contributed by atoms with Gasteiger partial charge in [-0.25, -0.2) is 12.8 Å². The Balaban J connectivity index is 2.46. The molecule has 18 heavy (non-hydrogen) atoms. The van der Waals surface area contributed by atoms with E-state index in [0.29, 0.717) is 19.6 Å². The number of nitrogens with one attached hydrogen (secondary N) is 1. The molecule has 6 heteroatoms. The lowest BCUT2D eigenvalue weighted by Crippen LogP contribution is -2.59. The summed E-state index contributed by atoms with van der Waals surface area (Å²) in [5.41, 5.74) is -0.556. The highest BCUT2D eigenvalue weighted by atomic mass is 32.2. The molecule has 4 nitrogen and oxygen atoms in total. The molecule has 0 radical (unpaired) electrons. The zero-order valence-corrected chi connectivity index (χ0v) is 11.3. The van der Waals surface area contributed by atoms with Gasteiger partial charge >= 0.3 is 0 Å². The lowest BCUT2D eigenvalue weighted by Gasteiger charge is -2.41. The van der Waals surface area contributed by atoms with Crippen LogP contribution < -0.4 is 5.32 Å². The first-order valence-electron chi connectivity index (χ1n) is 5.84. The SMILES string of the molecule is CC1(C)CNCCN1S(=O)(=O)c1ccccc1F. The van der Waals surface area contributed by atoms with Crippen molar-refractivity contribution in [3.8, 4) is 0 Å². The molecule has 1 saturated heterocycles. The first-order valence-corrected chi connectivity index (χ1v) is 7.28. The predicted octanol–water partition coefficient (Wildman–Crippen LogP) is 1.20. The summed E-state index contributed by atoms with van der Waals surface area (Å²) in [6, 6.07) is 5.49. The summed E-state index contributed by atoms with van der Waals surface area (Å²) < 4.78 is 40.0. The molecule has 0 aliphatic carbocycles. The number of hydrogen-bond acceptors (Lipinski definition) is 3. The Morgan fingerprint density at radius 2 is 2.00 bits per heavy atom. The van der Waals surface area contributed by atoms with Crippen LogP contribution in [0.15, 0.2) is 29.2 Å². The molecule has 1 N–H and O–H groups in total. The molecule has 0 unspecified atom stereocenters. The van der Waals surface area contributed by atoms with Gasteiger partial charge in [-0.05, 0) is 26.0 Å². The zero-order chi connectivity index (χ0) is 13.4. The minimum Gasteiger partial charge on any atom is -0.314 e. The van der Waals surface area contributed by atoms with E-state index in [-0.39, 0.29) is 4.90 Å². The van der Waals surface area contributed by atoms with E-state index in [1.807, 2.05) is 13.8 Å². The predicted molar refractivity (Wildman–Crippen MR) is 67.2 cm³/mol. The lowest BCUT2D eigenvalue weighted by molar-refractivity contribution is 0.185. The summed E-state index contributed by atoms with van der Waals surface area (Å²) in [5.74, 6) is -0.702. The van der Waals surface area contributed by atoms with Gasteiger partial charge in [-0.1, -0.05) is 12.1 Å². The fourth-order valence-corrected chi connectivity index (χ4v) is 4.03. The van der Waals surface area contributed by atoms with Gasteiger partial charge in [0.25, 0.3) is 0 Å². The van der Waals surface area contributed by atoms with E-state index in [2.05, 4.69) is 5.32 Å². The monoisotopic (exact) mass is 272 g/mol. The molecule has 100 valence electrons. The van der Waals surface area contributed by atoms with Crippen LogP contribution in [-0.2, 0) is 10.0 Å². The molecule has 0 spiro atoms. The van der Waals surface area contributed by atoms with Crippen molar-refractivity contribution in [3.05, 3.63) is 30.1 Å². The second kappa shape index (κ2) is 4.60. The molecule has 0 bridgehead atoms. The molecule has 0 amide bonds. The van der Waals surface area contributed by atoms with Crippen LogP contribution in [0.3, 0.4) is 0 Å². The van der Waals surface area contributed by atoms with Crippen molar-refractivity contribution >= 4 is 10.0 Å². The number of nitrogens with zero attached hydrogens (tertiary/aromatic N) is 1. The summed E-state index contributed by atoms with van der Waals surface area (Å²) in [5, 5.41) is 3.14. The average Bonchev–Trinajstić information content (AvgIpc) is 2.28. The van der Waals surface area contributed by atoms with Gasteiger partial charge in [0.05, 0.1) is 0 Å². The molecule has 0 aromatic heterocycles. The van der Waals surface area contributed by atoms with Crippen molar-refractivity contribution in [1.29, 1.82) is 0 Å². The maximum atomic E-state index is 13.7. The summed E-state index contributed by atoms with van der Waals surface area (Å²) in [6.07, 6.45) is 0. The first-order chi connectivity index (χ1) is 8.36. The van der Waals surface area contributed by atoms with Gasteiger partial charge in [0.2, 0.25) is 10.0 Å². The van der Waals surface area contributed by atoms with Crippen molar-refractivity contribution in [2.45, 2.75) is 24.3 Å². The summed E-state index contributed by atoms with van der Waals surface area (Å²) >= 11 is 0. The highest BCUT2D eigenvalue weighted by Crippen LogP contribution is 2.27. The van der Waals surface area contributed by atoms with E-state index < -0.39 is 21.4 Å². The van der Waals surface area contributed by atoms with Gasteiger partial charge in [-0.2, -0.15) is 4.31 Å². The molecule has 2 rings (SSSR count). The normalized spacial score (nSPS) is 20.8. The highest BCUT2D eigenvalue weighted by Gasteiger charge is 2.39. The summed E-state index contributed by atoms with van der Waals surface area (Å²) in [7, 11) is -3.78. The van der Waals surface area contributed by atoms with Crippen molar-refractivity contribution in [2.75, 3.05) is 19.6 Å². The largest absolute Gasteiger partial charge is 0.314 e. The third-order valence-corrected chi connectivity index (χ3v) is 5.27. The standard InChI is InChI=1S/C12H17FN2O2S/c1-12(2)9-14-7-8-15(12)18(16,17)11-6-4-3-5-10(11)13/h3-6,14H,7-9H2,1-2H3. The number of sulfonamides is 1. The second-order valence-corrected chi connectivity index (χ2v) is 6.83. The van der Waals surface area contributed by atoms with Crippen molar-refractivity contribution in [2.24, 2.45) is 0 Å². The van der Waals surface area contributed by atoms with Crippen LogP contribution in [-0.4, -0.2) is 37.9 Å². The molecule has 1 aromatic rings. The maximum absolute atomic E-state index is 13.7. The molecule has 1 heterocycles. The molecule has 0 atom stereocenters. The molecular weight excluding hydrogens is 255 g/mol. The quantitative estimate of drug-likeness (QED) is 0.880. The Kier molecular flexibility index (Phi) is 3.44. The third-order valence-electron chi connectivity index (χ3n) is 3.13. The Hall–Kier alpha value is -0.980. The van der Waals surface area contributed by atoms with Gasteiger partial charge in [0.15, 0.2) is 0 Å². The zero-order valence-electron chi connectivity index (χ0n) is 10.5. The van der Waals surface area contributed by atoms with E-state index >= 15 is 0 Å². The molecular formula is C12H17FN2O2S. The number of piperazine rings is 1. The van der Waals surface area contributed by atoms with Crippen LogP contribution in [0.5, 0.6) is 0 Å². The van der Waals surface area contributed by atoms with Gasteiger partial charge in [0, 0.05) is 25.2 Å². The van der Waals surface area contributed by atoms with Crippen molar-refractivity contribution < 1.29 is 12.8 Å². The fourth-order valence-electron chi connectivity index (χ4n) is 2.18. The number of hydrogen-bond donors (Lipinski definition) is 1. The van der Waals surface area contributed by atoms with Crippen molar-refractivity contribution in [3.63, 3.8) is 0 Å². The molecule has 1 aliphatic heterocycles. The van der Waals surface area contributed by atoms with E-state index in [9.17, 15) is 12.8 Å². The van der Waals surface area contributed by atoms with Gasteiger partial charge in [-0.3, -0.25) is 0 Å². The lowest BCUT2D eigenvalue weighted by atomic mass is 10.0. The topological polar surface area (TPSA) is 49.4 Å². The van der Waals surface area contributed by atoms with Crippen LogP contribution in [0.25, 0.3) is 0 Å². The van der Waals surface area contributed by atoms with E-state index in [1.54, 1.807) is 0 Å². The van der Waals surface area contributed by atoms with Crippen LogP contribution in [0.4, 0.5) is 4.39 Å². The third kappa shape index (κ3) is 2.28. The molecule has 1 aliphatic rings. The Morgan fingerprint density at radius 3 is 2.61 bits per heavy atom. The number of rotatable bonds is 2. The first kappa shape index (κ1) is 13.5.